The lowest BCUT2D eigenvalue weighted by molar-refractivity contribution is -0.132. The first kappa shape index (κ1) is 24.6. The number of carbonyl (C=O) groups is 2. The summed E-state index contributed by atoms with van der Waals surface area (Å²) in [7, 11) is 0. The summed E-state index contributed by atoms with van der Waals surface area (Å²) in [5.74, 6) is -1.10. The van der Waals surface area contributed by atoms with Gasteiger partial charge in [0.2, 0.25) is 5.13 Å². The van der Waals surface area contributed by atoms with E-state index < -0.39 is 17.7 Å². The molecule has 0 saturated carbocycles. The molecule has 8 heteroatoms. The smallest absolute Gasteiger partial charge is 0.301 e. The van der Waals surface area contributed by atoms with E-state index in [1.165, 1.54) is 16.2 Å². The molecular weight excluding hydrogens is 462 g/mol. The molecule has 1 fully saturated rings. The molecule has 1 atom stereocenters. The number of aryl methyl sites for hydroxylation is 1. The van der Waals surface area contributed by atoms with Crippen molar-refractivity contribution >= 4 is 33.9 Å². The van der Waals surface area contributed by atoms with E-state index in [1.54, 1.807) is 31.2 Å². The van der Waals surface area contributed by atoms with E-state index in [0.29, 0.717) is 27.0 Å². The van der Waals surface area contributed by atoms with Crippen LogP contribution in [-0.4, -0.2) is 33.1 Å². The van der Waals surface area contributed by atoms with Crippen LogP contribution in [0, 0.1) is 6.92 Å². The van der Waals surface area contributed by atoms with E-state index >= 15 is 0 Å². The van der Waals surface area contributed by atoms with Gasteiger partial charge in [0.15, 0.2) is 0 Å². The number of aromatic nitrogens is 2. The van der Waals surface area contributed by atoms with Gasteiger partial charge in [-0.2, -0.15) is 0 Å². The largest absolute Gasteiger partial charge is 0.507 e. The highest BCUT2D eigenvalue weighted by molar-refractivity contribution is 7.15. The number of hydrogen-bond acceptors (Lipinski definition) is 7. The minimum Gasteiger partial charge on any atom is -0.507 e. The van der Waals surface area contributed by atoms with Crippen molar-refractivity contribution in [3.63, 3.8) is 0 Å². The first-order chi connectivity index (χ1) is 16.5. The Bertz CT molecular complexity index is 1290. The van der Waals surface area contributed by atoms with E-state index in [4.69, 9.17) is 4.74 Å². The maximum atomic E-state index is 13.3. The van der Waals surface area contributed by atoms with Crippen molar-refractivity contribution < 1.29 is 19.4 Å². The van der Waals surface area contributed by atoms with E-state index in [2.05, 4.69) is 31.0 Å². The number of carbonyl (C=O) groups excluding carboxylic acids is 2. The SMILES string of the molecule is Cc1nnc(N2C(=O)C(=O)C(=C(O)c3ccc(OC(C)C)cc3)[C@@H]2c2ccc(C(C)(C)C)cc2)s1. The summed E-state index contributed by atoms with van der Waals surface area (Å²) in [5.41, 5.74) is 2.20. The molecule has 1 aliphatic rings. The summed E-state index contributed by atoms with van der Waals surface area (Å²) in [6.07, 6.45) is 0.00574. The van der Waals surface area contributed by atoms with Crippen LogP contribution < -0.4 is 9.64 Å². The Hall–Kier alpha value is -3.52. The van der Waals surface area contributed by atoms with Gasteiger partial charge in [-0.15, -0.1) is 10.2 Å². The first-order valence-electron chi connectivity index (χ1n) is 11.5. The molecule has 2 heterocycles. The van der Waals surface area contributed by atoms with E-state index in [0.717, 1.165) is 5.56 Å². The number of nitrogens with zero attached hydrogens (tertiary/aromatic N) is 3. The van der Waals surface area contributed by atoms with Gasteiger partial charge < -0.3 is 9.84 Å². The molecular formula is C27H29N3O4S. The van der Waals surface area contributed by atoms with Crippen molar-refractivity contribution in [1.82, 2.24) is 10.2 Å². The summed E-state index contributed by atoms with van der Waals surface area (Å²) in [6, 6.07) is 13.7. The van der Waals surface area contributed by atoms with Crippen LogP contribution in [0.4, 0.5) is 5.13 Å². The van der Waals surface area contributed by atoms with E-state index in [-0.39, 0.29) is 22.9 Å². The molecule has 1 saturated heterocycles. The zero-order valence-corrected chi connectivity index (χ0v) is 21.5. The van der Waals surface area contributed by atoms with Gasteiger partial charge in [-0.25, -0.2) is 0 Å². The highest BCUT2D eigenvalue weighted by atomic mass is 32.1. The van der Waals surface area contributed by atoms with Gasteiger partial charge in [-0.05, 0) is 61.6 Å². The number of benzene rings is 2. The maximum Gasteiger partial charge on any atom is 0.301 e. The molecule has 4 rings (SSSR count). The van der Waals surface area contributed by atoms with Gasteiger partial charge in [0.1, 0.15) is 16.5 Å². The average molecular weight is 492 g/mol. The second-order valence-corrected chi connectivity index (χ2v) is 11.0. The van der Waals surface area contributed by atoms with Crippen LogP contribution in [0.25, 0.3) is 5.76 Å². The van der Waals surface area contributed by atoms with E-state index in [9.17, 15) is 14.7 Å². The number of aliphatic hydroxyl groups is 1. The van der Waals surface area contributed by atoms with Crippen LogP contribution in [0.2, 0.25) is 0 Å². The molecule has 1 aromatic heterocycles. The number of ether oxygens (including phenoxy) is 1. The lowest BCUT2D eigenvalue weighted by Gasteiger charge is -2.24. The monoisotopic (exact) mass is 491 g/mol. The number of amides is 1. The third kappa shape index (κ3) is 4.84. The zero-order chi connectivity index (χ0) is 25.5. The van der Waals surface area contributed by atoms with Crippen LogP contribution >= 0.6 is 11.3 Å². The minimum absolute atomic E-state index is 0.00574. The van der Waals surface area contributed by atoms with Gasteiger partial charge in [-0.1, -0.05) is 56.4 Å². The van der Waals surface area contributed by atoms with Crippen molar-refractivity contribution in [1.29, 1.82) is 0 Å². The molecule has 1 aliphatic heterocycles. The van der Waals surface area contributed by atoms with Crippen molar-refractivity contribution in [2.75, 3.05) is 4.90 Å². The second kappa shape index (κ2) is 9.26. The molecule has 1 amide bonds. The number of rotatable bonds is 5. The number of aliphatic hydroxyl groups excluding tert-OH is 1. The predicted molar refractivity (Wildman–Crippen MR) is 137 cm³/mol. The van der Waals surface area contributed by atoms with Gasteiger partial charge in [0.25, 0.3) is 5.78 Å². The fourth-order valence-corrected chi connectivity index (χ4v) is 4.73. The van der Waals surface area contributed by atoms with Gasteiger partial charge in [0.05, 0.1) is 17.7 Å². The Morgan fingerprint density at radius 1 is 1.03 bits per heavy atom. The van der Waals surface area contributed by atoms with Crippen molar-refractivity contribution in [2.24, 2.45) is 0 Å². The van der Waals surface area contributed by atoms with Crippen molar-refractivity contribution in [3.8, 4) is 5.75 Å². The fraction of sp³-hybridized carbons (Fsp3) is 0.333. The zero-order valence-electron chi connectivity index (χ0n) is 20.7. The van der Waals surface area contributed by atoms with Crippen LogP contribution in [0.3, 0.4) is 0 Å². The molecule has 3 aromatic rings. The Kier molecular flexibility index (Phi) is 6.51. The molecule has 7 nitrogen and oxygen atoms in total. The molecule has 0 bridgehead atoms. The highest BCUT2D eigenvalue weighted by Crippen LogP contribution is 2.43. The molecule has 0 spiro atoms. The molecule has 1 N–H and O–H groups in total. The van der Waals surface area contributed by atoms with Gasteiger partial charge in [0, 0.05) is 5.56 Å². The number of anilines is 1. The van der Waals surface area contributed by atoms with Gasteiger partial charge in [-0.3, -0.25) is 14.5 Å². The third-order valence-electron chi connectivity index (χ3n) is 5.76. The highest BCUT2D eigenvalue weighted by Gasteiger charge is 2.48. The molecule has 0 aliphatic carbocycles. The molecule has 35 heavy (non-hydrogen) atoms. The molecule has 0 unspecified atom stereocenters. The van der Waals surface area contributed by atoms with Crippen LogP contribution in [0.1, 0.15) is 62.4 Å². The fourth-order valence-electron chi connectivity index (χ4n) is 4.01. The standard InChI is InChI=1S/C27H29N3O4S/c1-15(2)34-20-13-9-18(10-14-20)23(31)21-22(17-7-11-19(12-8-17)27(4,5)6)30(25(33)24(21)32)26-29-28-16(3)35-26/h7-15,22,31H,1-6H3/t22-/m0/s1. The predicted octanol–water partition coefficient (Wildman–Crippen LogP) is 5.56. The molecule has 182 valence electrons. The Morgan fingerprint density at radius 2 is 1.66 bits per heavy atom. The van der Waals surface area contributed by atoms with Crippen molar-refractivity contribution in [3.05, 3.63) is 75.8 Å². The molecule has 0 radical (unpaired) electrons. The van der Waals surface area contributed by atoms with Crippen molar-refractivity contribution in [2.45, 2.75) is 59.1 Å². The second-order valence-electron chi connectivity index (χ2n) is 9.84. The van der Waals surface area contributed by atoms with Crippen LogP contribution in [-0.2, 0) is 15.0 Å². The van der Waals surface area contributed by atoms with Crippen LogP contribution in [0.15, 0.2) is 54.1 Å². The Balaban J connectivity index is 1.85. The summed E-state index contributed by atoms with van der Waals surface area (Å²) in [5, 5.41) is 20.4. The van der Waals surface area contributed by atoms with E-state index in [1.807, 2.05) is 38.1 Å². The molecule has 2 aromatic carbocycles. The summed E-state index contributed by atoms with van der Waals surface area (Å²) in [6.45, 7) is 12.0. The Labute approximate surface area is 209 Å². The number of hydrogen-bond donors (Lipinski definition) is 1. The van der Waals surface area contributed by atoms with Gasteiger partial charge >= 0.3 is 5.91 Å². The summed E-state index contributed by atoms with van der Waals surface area (Å²) in [4.78, 5) is 27.8. The average Bonchev–Trinajstić information content (AvgIpc) is 3.33. The lowest BCUT2D eigenvalue weighted by atomic mass is 9.85. The minimum atomic E-state index is -0.831. The Morgan fingerprint density at radius 3 is 2.17 bits per heavy atom. The third-order valence-corrected chi connectivity index (χ3v) is 6.60. The quantitative estimate of drug-likeness (QED) is 0.285. The summed E-state index contributed by atoms with van der Waals surface area (Å²) < 4.78 is 5.68. The summed E-state index contributed by atoms with van der Waals surface area (Å²) >= 11 is 1.22. The lowest BCUT2D eigenvalue weighted by Crippen LogP contribution is -2.29. The number of Topliss-reactive ketones (excluding diaryl/α,β-unsaturated/α-hetero) is 1. The van der Waals surface area contributed by atoms with Crippen LogP contribution in [0.5, 0.6) is 5.75 Å². The number of ketones is 1. The maximum absolute atomic E-state index is 13.3. The topological polar surface area (TPSA) is 92.6 Å². The normalized spacial score (nSPS) is 17.9. The first-order valence-corrected chi connectivity index (χ1v) is 12.3.